The van der Waals surface area contributed by atoms with Crippen molar-refractivity contribution in [3.63, 3.8) is 0 Å². The summed E-state index contributed by atoms with van der Waals surface area (Å²) in [5, 5.41) is 3.11. The van der Waals surface area contributed by atoms with Crippen molar-refractivity contribution in [3.05, 3.63) is 54.6 Å². The van der Waals surface area contributed by atoms with Crippen LogP contribution in [0.15, 0.2) is 59.5 Å². The van der Waals surface area contributed by atoms with Crippen molar-refractivity contribution in [2.45, 2.75) is 37.6 Å². The van der Waals surface area contributed by atoms with Crippen LogP contribution in [0.5, 0.6) is 5.75 Å². The molecule has 3 rings (SSSR count). The van der Waals surface area contributed by atoms with Crippen molar-refractivity contribution in [1.29, 1.82) is 0 Å². The lowest BCUT2D eigenvalue weighted by molar-refractivity contribution is -0.274. The molecule has 0 saturated heterocycles. The Morgan fingerprint density at radius 1 is 0.941 bits per heavy atom. The van der Waals surface area contributed by atoms with E-state index in [-0.39, 0.29) is 22.4 Å². The Kier molecular flexibility index (Phi) is 6.89. The third kappa shape index (κ3) is 7.49. The first-order valence-electron chi connectivity index (χ1n) is 9.81. The number of rotatable bonds is 7. The summed E-state index contributed by atoms with van der Waals surface area (Å²) in [7, 11) is -4.32. The first kappa shape index (κ1) is 25.1. The third-order valence-electron chi connectivity index (χ3n) is 4.06. The zero-order valence-electron chi connectivity index (χ0n) is 18.3. The number of benzene rings is 2. The van der Waals surface area contributed by atoms with Gasteiger partial charge in [0.25, 0.3) is 10.1 Å². The van der Waals surface area contributed by atoms with Crippen LogP contribution < -0.4 is 20.9 Å². The van der Waals surface area contributed by atoms with Gasteiger partial charge in [-0.3, -0.25) is 15.4 Å². The topological polar surface area (TPSA) is 125 Å². The molecule has 0 aliphatic rings. The van der Waals surface area contributed by atoms with Crippen LogP contribution in [-0.4, -0.2) is 34.8 Å². The first-order chi connectivity index (χ1) is 15.7. The predicted octanol–water partition coefficient (Wildman–Crippen LogP) is 4.94. The van der Waals surface area contributed by atoms with Gasteiger partial charge in [0.1, 0.15) is 5.75 Å². The quantitative estimate of drug-likeness (QED) is 0.265. The van der Waals surface area contributed by atoms with E-state index in [1.54, 1.807) is 6.07 Å². The first-order valence-corrected chi connectivity index (χ1v) is 11.2. The van der Waals surface area contributed by atoms with Gasteiger partial charge in [-0.2, -0.15) is 13.4 Å². The van der Waals surface area contributed by atoms with Crippen molar-refractivity contribution in [1.82, 2.24) is 9.97 Å². The summed E-state index contributed by atoms with van der Waals surface area (Å²) in [4.78, 5) is 8.49. The molecule has 0 aliphatic carbocycles. The van der Waals surface area contributed by atoms with E-state index >= 15 is 0 Å². The molecule has 0 radical (unpaired) electrons. The van der Waals surface area contributed by atoms with E-state index in [2.05, 4.69) is 30.9 Å². The fraction of sp³-hybridized carbons (Fsp3) is 0.238. The average Bonchev–Trinajstić information content (AvgIpc) is 2.69. The van der Waals surface area contributed by atoms with Gasteiger partial charge in [-0.25, -0.2) is 4.98 Å². The zero-order valence-corrected chi connectivity index (χ0v) is 19.1. The molecule has 182 valence electrons. The van der Waals surface area contributed by atoms with Crippen LogP contribution in [0, 0.1) is 0 Å². The van der Waals surface area contributed by atoms with Crippen LogP contribution in [0.2, 0.25) is 0 Å². The standard InChI is InChI=1S/C21H22F3N5O4S/c1-20(2,3)27-19-25-17(13-5-4-6-15(11-13)33-21(22,23)24)12-18(26-19)29-28-14-7-9-16(10-8-14)34(30,31)32/h4-12,28H,1-3H3,(H,30,31,32)(H2,25,26,27,29). The van der Waals surface area contributed by atoms with Gasteiger partial charge in [-0.1, -0.05) is 12.1 Å². The number of nitrogens with zero attached hydrogens (tertiary/aromatic N) is 2. The number of hydrazine groups is 1. The normalized spacial score (nSPS) is 12.2. The molecule has 0 unspecified atom stereocenters. The van der Waals surface area contributed by atoms with Gasteiger partial charge in [0.2, 0.25) is 5.95 Å². The molecule has 0 fully saturated rings. The van der Waals surface area contributed by atoms with Crippen LogP contribution in [0.4, 0.5) is 30.6 Å². The number of hydrogen-bond acceptors (Lipinski definition) is 8. The maximum atomic E-state index is 12.6. The van der Waals surface area contributed by atoms with Crippen molar-refractivity contribution in [2.75, 3.05) is 16.2 Å². The molecule has 2 aromatic carbocycles. The molecule has 0 aliphatic heterocycles. The molecular weight excluding hydrogens is 475 g/mol. The van der Waals surface area contributed by atoms with Crippen molar-refractivity contribution in [3.8, 4) is 17.0 Å². The van der Waals surface area contributed by atoms with E-state index in [0.717, 1.165) is 0 Å². The molecule has 3 aromatic rings. The van der Waals surface area contributed by atoms with Crippen molar-refractivity contribution >= 4 is 27.6 Å². The minimum atomic E-state index is -4.83. The van der Waals surface area contributed by atoms with Gasteiger partial charge in [-0.05, 0) is 57.2 Å². The Labute approximate surface area is 194 Å². The monoisotopic (exact) mass is 497 g/mol. The fourth-order valence-corrected chi connectivity index (χ4v) is 3.23. The lowest BCUT2D eigenvalue weighted by Crippen LogP contribution is -2.27. The van der Waals surface area contributed by atoms with E-state index in [9.17, 15) is 21.6 Å². The van der Waals surface area contributed by atoms with Crippen molar-refractivity contribution in [2.24, 2.45) is 0 Å². The Morgan fingerprint density at radius 3 is 2.21 bits per heavy atom. The molecule has 0 bridgehead atoms. The fourth-order valence-electron chi connectivity index (χ4n) is 2.75. The van der Waals surface area contributed by atoms with Crippen LogP contribution in [0.1, 0.15) is 20.8 Å². The zero-order chi connectivity index (χ0) is 25.1. The number of alkyl halides is 3. The molecule has 0 atom stereocenters. The maximum absolute atomic E-state index is 12.6. The summed E-state index contributed by atoms with van der Waals surface area (Å²) in [5.74, 6) is 0.108. The number of hydrogen-bond donors (Lipinski definition) is 4. The Morgan fingerprint density at radius 2 is 1.62 bits per heavy atom. The maximum Gasteiger partial charge on any atom is 0.573 e. The second kappa shape index (κ2) is 9.35. The van der Waals surface area contributed by atoms with E-state index < -0.39 is 22.0 Å². The SMILES string of the molecule is CC(C)(C)Nc1nc(NNc2ccc(S(=O)(=O)O)cc2)cc(-c2cccc(OC(F)(F)F)c2)n1. The van der Waals surface area contributed by atoms with E-state index in [0.29, 0.717) is 16.9 Å². The smallest absolute Gasteiger partial charge is 0.406 e. The highest BCUT2D eigenvalue weighted by Gasteiger charge is 2.31. The lowest BCUT2D eigenvalue weighted by atomic mass is 10.1. The summed E-state index contributed by atoms with van der Waals surface area (Å²) in [5.41, 5.74) is 6.41. The molecule has 4 N–H and O–H groups in total. The van der Waals surface area contributed by atoms with E-state index in [4.69, 9.17) is 4.55 Å². The molecule has 0 saturated carbocycles. The number of nitrogens with one attached hydrogen (secondary N) is 3. The van der Waals surface area contributed by atoms with Gasteiger partial charge >= 0.3 is 6.36 Å². The molecule has 9 nitrogen and oxygen atoms in total. The summed E-state index contributed by atoms with van der Waals surface area (Å²) in [6.07, 6.45) is -4.83. The summed E-state index contributed by atoms with van der Waals surface area (Å²) >= 11 is 0. The Hall–Kier alpha value is -3.58. The molecule has 34 heavy (non-hydrogen) atoms. The lowest BCUT2D eigenvalue weighted by Gasteiger charge is -2.21. The molecule has 0 spiro atoms. The van der Waals surface area contributed by atoms with Gasteiger partial charge in [0.05, 0.1) is 16.3 Å². The second-order valence-electron chi connectivity index (χ2n) is 8.16. The molecular formula is C21H22F3N5O4S. The Balaban J connectivity index is 1.90. The summed E-state index contributed by atoms with van der Waals surface area (Å²) in [6, 6.07) is 12.2. The van der Waals surface area contributed by atoms with E-state index in [1.165, 1.54) is 48.5 Å². The molecule has 13 heteroatoms. The molecule has 0 amide bonds. The van der Waals surface area contributed by atoms with Crippen LogP contribution in [-0.2, 0) is 10.1 Å². The minimum absolute atomic E-state index is 0.221. The Bertz CT molecular complexity index is 1260. The number of ether oxygens (including phenoxy) is 1. The highest BCUT2D eigenvalue weighted by atomic mass is 32.2. The van der Waals surface area contributed by atoms with Crippen LogP contribution in [0.3, 0.4) is 0 Å². The van der Waals surface area contributed by atoms with Crippen LogP contribution >= 0.6 is 0 Å². The highest BCUT2D eigenvalue weighted by Crippen LogP contribution is 2.29. The second-order valence-corrected chi connectivity index (χ2v) is 9.58. The number of halogens is 3. The average molecular weight is 497 g/mol. The van der Waals surface area contributed by atoms with Gasteiger partial charge < -0.3 is 10.1 Å². The number of anilines is 3. The van der Waals surface area contributed by atoms with Crippen LogP contribution in [0.25, 0.3) is 11.3 Å². The third-order valence-corrected chi connectivity index (χ3v) is 4.93. The molecule has 1 aromatic heterocycles. The van der Waals surface area contributed by atoms with Gasteiger partial charge in [0.15, 0.2) is 5.82 Å². The summed E-state index contributed by atoms with van der Waals surface area (Å²) < 4.78 is 73.3. The summed E-state index contributed by atoms with van der Waals surface area (Å²) in [6.45, 7) is 5.68. The number of aromatic nitrogens is 2. The largest absolute Gasteiger partial charge is 0.573 e. The van der Waals surface area contributed by atoms with Gasteiger partial charge in [-0.15, -0.1) is 13.2 Å². The van der Waals surface area contributed by atoms with Crippen molar-refractivity contribution < 1.29 is 30.9 Å². The predicted molar refractivity (Wildman–Crippen MR) is 121 cm³/mol. The van der Waals surface area contributed by atoms with E-state index in [1.807, 2.05) is 20.8 Å². The minimum Gasteiger partial charge on any atom is -0.406 e. The molecule has 1 heterocycles. The highest BCUT2D eigenvalue weighted by molar-refractivity contribution is 7.85. The van der Waals surface area contributed by atoms with Gasteiger partial charge in [0, 0.05) is 17.2 Å².